The van der Waals surface area contributed by atoms with E-state index in [0.717, 1.165) is 41.1 Å². The van der Waals surface area contributed by atoms with Crippen LogP contribution >= 0.6 is 15.9 Å². The largest absolute Gasteiger partial charge is 0.330 e. The predicted molar refractivity (Wildman–Crippen MR) is 118 cm³/mol. The summed E-state index contributed by atoms with van der Waals surface area (Å²) in [5, 5.41) is 1.70. The zero-order chi connectivity index (χ0) is 21.0. The Bertz CT molecular complexity index is 1030. The smallest absolute Gasteiger partial charge is 0.328 e. The van der Waals surface area contributed by atoms with Crippen LogP contribution < -0.4 is 0 Å². The summed E-state index contributed by atoms with van der Waals surface area (Å²) in [5.41, 5.74) is 2.95. The second-order valence-corrected chi connectivity index (χ2v) is 8.04. The SMILES string of the molecule is CN(C)C(=O)n1cc(C(=O)CCCCCBr)c2ccc(-c3ccc(F)cc3)cc21. The van der Waals surface area contributed by atoms with Crippen molar-refractivity contribution in [3.05, 3.63) is 60.0 Å². The van der Waals surface area contributed by atoms with Gasteiger partial charge in [0.25, 0.3) is 0 Å². The van der Waals surface area contributed by atoms with Gasteiger partial charge in [-0.2, -0.15) is 0 Å². The van der Waals surface area contributed by atoms with Gasteiger partial charge in [-0.1, -0.05) is 46.6 Å². The van der Waals surface area contributed by atoms with Crippen LogP contribution in [0, 0.1) is 5.82 Å². The molecule has 3 rings (SSSR count). The van der Waals surface area contributed by atoms with Crippen LogP contribution in [0.15, 0.2) is 48.7 Å². The Hall–Kier alpha value is -2.47. The molecule has 1 aromatic heterocycles. The molecule has 0 fully saturated rings. The topological polar surface area (TPSA) is 42.3 Å². The molecule has 0 unspecified atom stereocenters. The molecule has 1 amide bonds. The van der Waals surface area contributed by atoms with E-state index in [4.69, 9.17) is 0 Å². The summed E-state index contributed by atoms with van der Waals surface area (Å²) in [6.45, 7) is 0. The van der Waals surface area contributed by atoms with E-state index in [-0.39, 0.29) is 17.6 Å². The molecule has 2 aromatic carbocycles. The Morgan fingerprint density at radius 1 is 1.00 bits per heavy atom. The summed E-state index contributed by atoms with van der Waals surface area (Å²) in [6, 6.07) is 11.7. The van der Waals surface area contributed by atoms with Crippen LogP contribution in [0.1, 0.15) is 36.0 Å². The average molecular weight is 459 g/mol. The summed E-state index contributed by atoms with van der Waals surface area (Å²) < 4.78 is 14.8. The second-order valence-electron chi connectivity index (χ2n) is 7.25. The number of hydrogen-bond donors (Lipinski definition) is 0. The van der Waals surface area contributed by atoms with Crippen molar-refractivity contribution in [2.75, 3.05) is 19.4 Å². The lowest BCUT2D eigenvalue weighted by atomic mass is 10.0. The molecule has 0 N–H and O–H groups in total. The number of benzene rings is 2. The highest BCUT2D eigenvalue weighted by Gasteiger charge is 2.19. The van der Waals surface area contributed by atoms with Crippen molar-refractivity contribution in [2.45, 2.75) is 25.7 Å². The van der Waals surface area contributed by atoms with Gasteiger partial charge < -0.3 is 4.90 Å². The third-order valence-electron chi connectivity index (χ3n) is 4.91. The minimum atomic E-state index is -0.297. The van der Waals surface area contributed by atoms with Crippen molar-refractivity contribution in [3.63, 3.8) is 0 Å². The number of Topliss-reactive ketones (excluding diaryl/α,β-unsaturated/α-hetero) is 1. The van der Waals surface area contributed by atoms with Gasteiger partial charge >= 0.3 is 6.03 Å². The van der Waals surface area contributed by atoms with Gasteiger partial charge in [-0.25, -0.2) is 9.18 Å². The van der Waals surface area contributed by atoms with Crippen molar-refractivity contribution in [3.8, 4) is 11.1 Å². The molecule has 0 saturated carbocycles. The van der Waals surface area contributed by atoms with Crippen molar-refractivity contribution in [1.29, 1.82) is 0 Å². The molecule has 0 radical (unpaired) electrons. The van der Waals surface area contributed by atoms with Gasteiger partial charge in [0.2, 0.25) is 0 Å². The molecule has 0 spiro atoms. The number of nitrogens with zero attached hydrogens (tertiary/aromatic N) is 2. The molecule has 0 aliphatic carbocycles. The number of alkyl halides is 1. The maximum Gasteiger partial charge on any atom is 0.328 e. The minimum Gasteiger partial charge on any atom is -0.330 e. The van der Waals surface area contributed by atoms with E-state index >= 15 is 0 Å². The molecule has 0 aliphatic heterocycles. The number of fused-ring (bicyclic) bond motifs is 1. The van der Waals surface area contributed by atoms with E-state index in [1.807, 2.05) is 18.2 Å². The Labute approximate surface area is 178 Å². The lowest BCUT2D eigenvalue weighted by Gasteiger charge is -2.12. The van der Waals surface area contributed by atoms with Crippen molar-refractivity contribution >= 4 is 38.6 Å². The van der Waals surface area contributed by atoms with Gasteiger partial charge in [0.05, 0.1) is 5.52 Å². The molecule has 1 heterocycles. The number of aromatic nitrogens is 1. The molecule has 0 aliphatic rings. The predicted octanol–water partition coefficient (Wildman–Crippen LogP) is 6.12. The first kappa shape index (κ1) is 21.2. The highest BCUT2D eigenvalue weighted by molar-refractivity contribution is 9.09. The van der Waals surface area contributed by atoms with E-state index in [1.54, 1.807) is 32.4 Å². The maximum atomic E-state index is 13.3. The molecule has 4 nitrogen and oxygen atoms in total. The molecule has 3 aromatic rings. The van der Waals surface area contributed by atoms with Crippen LogP contribution in [0.4, 0.5) is 9.18 Å². The standard InChI is InChI=1S/C23H24BrFN2O2/c1-26(2)23(29)27-15-20(22(28)6-4-3-5-13-24)19-12-9-17(14-21(19)27)16-7-10-18(25)11-8-16/h7-12,14-15H,3-6,13H2,1-2H3. The Kier molecular flexibility index (Phi) is 6.85. The van der Waals surface area contributed by atoms with Gasteiger partial charge in [-0.3, -0.25) is 9.36 Å². The number of hydrogen-bond acceptors (Lipinski definition) is 2. The summed E-state index contributed by atoms with van der Waals surface area (Å²) in [5.74, 6) is -0.252. The molecule has 0 bridgehead atoms. The molecule has 6 heteroatoms. The number of ketones is 1. The molecule has 0 saturated heterocycles. The molecular weight excluding hydrogens is 435 g/mol. The van der Waals surface area contributed by atoms with Crippen molar-refractivity contribution in [2.24, 2.45) is 0 Å². The second kappa shape index (κ2) is 9.35. The van der Waals surface area contributed by atoms with Crippen LogP contribution in [0.3, 0.4) is 0 Å². The Morgan fingerprint density at radius 3 is 2.34 bits per heavy atom. The van der Waals surface area contributed by atoms with E-state index in [0.29, 0.717) is 17.5 Å². The monoisotopic (exact) mass is 458 g/mol. The van der Waals surface area contributed by atoms with Crippen LogP contribution in [0.5, 0.6) is 0 Å². The van der Waals surface area contributed by atoms with Crippen LogP contribution in [-0.4, -0.2) is 40.7 Å². The summed E-state index contributed by atoms with van der Waals surface area (Å²) >= 11 is 3.41. The number of halogens is 2. The van der Waals surface area contributed by atoms with Gasteiger partial charge in [0.15, 0.2) is 5.78 Å². The van der Waals surface area contributed by atoms with Crippen LogP contribution in [0.25, 0.3) is 22.0 Å². The van der Waals surface area contributed by atoms with Gasteiger partial charge in [0.1, 0.15) is 5.82 Å². The van der Waals surface area contributed by atoms with E-state index in [2.05, 4.69) is 15.9 Å². The average Bonchev–Trinajstić information content (AvgIpc) is 3.10. The van der Waals surface area contributed by atoms with Gasteiger partial charge in [0, 0.05) is 43.0 Å². The van der Waals surface area contributed by atoms with Crippen LogP contribution in [0.2, 0.25) is 0 Å². The molecule has 0 atom stereocenters. The summed E-state index contributed by atoms with van der Waals surface area (Å²) in [4.78, 5) is 27.0. The highest BCUT2D eigenvalue weighted by Crippen LogP contribution is 2.29. The lowest BCUT2D eigenvalue weighted by molar-refractivity contribution is 0.0981. The third kappa shape index (κ3) is 4.75. The first-order valence-electron chi connectivity index (χ1n) is 9.64. The fourth-order valence-corrected chi connectivity index (χ4v) is 3.73. The molecule has 29 heavy (non-hydrogen) atoms. The maximum absolute atomic E-state index is 13.3. The number of carbonyl (C=O) groups excluding carboxylic acids is 2. The van der Waals surface area contributed by atoms with Crippen molar-refractivity contribution < 1.29 is 14.0 Å². The van der Waals surface area contributed by atoms with E-state index < -0.39 is 0 Å². The first-order valence-corrected chi connectivity index (χ1v) is 10.8. The van der Waals surface area contributed by atoms with Gasteiger partial charge in [-0.05, 0) is 42.2 Å². The number of carbonyl (C=O) groups is 2. The summed E-state index contributed by atoms with van der Waals surface area (Å²) in [6.07, 6.45) is 4.96. The van der Waals surface area contributed by atoms with Crippen molar-refractivity contribution in [1.82, 2.24) is 9.47 Å². The van der Waals surface area contributed by atoms with Gasteiger partial charge in [-0.15, -0.1) is 0 Å². The quantitative estimate of drug-likeness (QED) is 0.243. The zero-order valence-electron chi connectivity index (χ0n) is 16.6. The van der Waals surface area contributed by atoms with E-state index in [1.165, 1.54) is 21.6 Å². The zero-order valence-corrected chi connectivity index (χ0v) is 18.2. The fraction of sp³-hybridized carbons (Fsp3) is 0.304. The summed E-state index contributed by atoms with van der Waals surface area (Å²) in [7, 11) is 3.36. The first-order chi connectivity index (χ1) is 13.9. The molecular formula is C23H24BrFN2O2. The van der Waals surface area contributed by atoms with E-state index in [9.17, 15) is 14.0 Å². The Balaban J connectivity index is 2.03. The number of amides is 1. The lowest BCUT2D eigenvalue weighted by Crippen LogP contribution is -2.26. The number of rotatable bonds is 7. The third-order valence-corrected chi connectivity index (χ3v) is 5.47. The Morgan fingerprint density at radius 2 is 1.69 bits per heavy atom. The fourth-order valence-electron chi connectivity index (χ4n) is 3.34. The minimum absolute atomic E-state index is 0.0458. The normalized spacial score (nSPS) is 11.0. The highest BCUT2D eigenvalue weighted by atomic mass is 79.9. The van der Waals surface area contributed by atoms with Crippen LogP contribution in [-0.2, 0) is 0 Å². The molecule has 152 valence electrons. The number of unbranched alkanes of at least 4 members (excludes halogenated alkanes) is 2.